The van der Waals surface area contributed by atoms with Crippen molar-refractivity contribution in [3.63, 3.8) is 0 Å². The number of pyridine rings is 1. The van der Waals surface area contributed by atoms with Crippen molar-refractivity contribution in [1.82, 2.24) is 15.2 Å². The minimum Gasteiger partial charge on any atom is -0.470 e. The quantitative estimate of drug-likeness (QED) is 0.778. The van der Waals surface area contributed by atoms with Gasteiger partial charge in [-0.3, -0.25) is 4.98 Å². The Balaban J connectivity index is 1.90. The summed E-state index contributed by atoms with van der Waals surface area (Å²) in [6.07, 6.45) is 0. The van der Waals surface area contributed by atoms with Crippen molar-refractivity contribution in [1.29, 1.82) is 0 Å². The number of ether oxygens (including phenoxy) is 1. The number of fused-ring (bicyclic) bond motifs is 1. The first-order chi connectivity index (χ1) is 11.2. The molecule has 0 atom stereocenters. The predicted molar refractivity (Wildman–Crippen MR) is 88.4 cm³/mol. The minimum atomic E-state index is -0.0892. The van der Waals surface area contributed by atoms with Crippen molar-refractivity contribution in [3.05, 3.63) is 53.9 Å². The molecule has 0 aliphatic rings. The lowest BCUT2D eigenvalue weighted by atomic mass is 10.2. The first kappa shape index (κ1) is 15.2. The van der Waals surface area contributed by atoms with Gasteiger partial charge in [0.15, 0.2) is 5.82 Å². The van der Waals surface area contributed by atoms with Crippen LogP contribution in [-0.2, 0) is 13.2 Å². The second-order valence-corrected chi connectivity index (χ2v) is 5.34. The van der Waals surface area contributed by atoms with Crippen LogP contribution in [0.2, 0.25) is 0 Å². The summed E-state index contributed by atoms with van der Waals surface area (Å²) in [4.78, 5) is 6.22. The van der Waals surface area contributed by atoms with E-state index in [1.54, 1.807) is 6.07 Å². The van der Waals surface area contributed by atoms with E-state index in [-0.39, 0.29) is 13.2 Å². The molecular weight excluding hydrogens is 292 g/mol. The highest BCUT2D eigenvalue weighted by Crippen LogP contribution is 2.28. The van der Waals surface area contributed by atoms with E-state index in [4.69, 9.17) is 9.84 Å². The number of aromatic nitrogens is 3. The van der Waals surface area contributed by atoms with Crippen LogP contribution in [0.3, 0.4) is 0 Å². The van der Waals surface area contributed by atoms with Crippen molar-refractivity contribution >= 4 is 16.6 Å². The van der Waals surface area contributed by atoms with Crippen LogP contribution in [0.5, 0.6) is 5.88 Å². The number of rotatable bonds is 5. The average Bonchev–Trinajstić information content (AvgIpc) is 2.59. The van der Waals surface area contributed by atoms with Gasteiger partial charge >= 0.3 is 0 Å². The minimum absolute atomic E-state index is 0.0892. The number of aliphatic hydroxyl groups is 1. The molecule has 0 radical (unpaired) electrons. The fourth-order valence-electron chi connectivity index (χ4n) is 2.34. The summed E-state index contributed by atoms with van der Waals surface area (Å²) in [6, 6.07) is 13.3. The van der Waals surface area contributed by atoms with Crippen molar-refractivity contribution in [2.45, 2.75) is 13.2 Å². The van der Waals surface area contributed by atoms with E-state index in [1.807, 2.05) is 55.4 Å². The molecule has 0 amide bonds. The van der Waals surface area contributed by atoms with Gasteiger partial charge in [0.25, 0.3) is 0 Å². The van der Waals surface area contributed by atoms with Crippen LogP contribution >= 0.6 is 0 Å². The Morgan fingerprint density at radius 3 is 2.43 bits per heavy atom. The zero-order valence-electron chi connectivity index (χ0n) is 13.1. The van der Waals surface area contributed by atoms with Gasteiger partial charge in [-0.15, -0.1) is 10.2 Å². The zero-order chi connectivity index (χ0) is 16.2. The Bertz CT molecular complexity index is 821. The van der Waals surface area contributed by atoms with Gasteiger partial charge in [0.05, 0.1) is 18.0 Å². The van der Waals surface area contributed by atoms with E-state index in [2.05, 4.69) is 15.2 Å². The van der Waals surface area contributed by atoms with E-state index in [1.165, 1.54) is 0 Å². The van der Waals surface area contributed by atoms with Crippen molar-refractivity contribution in [2.24, 2.45) is 0 Å². The predicted octanol–water partition coefficient (Wildman–Crippen LogP) is 2.16. The first-order valence-corrected chi connectivity index (χ1v) is 7.30. The lowest BCUT2D eigenvalue weighted by Crippen LogP contribution is -2.12. The number of nitrogens with zero attached hydrogens (tertiary/aromatic N) is 4. The topological polar surface area (TPSA) is 71.4 Å². The summed E-state index contributed by atoms with van der Waals surface area (Å²) in [7, 11) is 3.86. The standard InChI is InChI=1S/C17H18N4O2/c1-21(2)16-14-8-3-4-9-15(14)17(20-19-16)23-11-13-7-5-6-12(10-22)18-13/h3-9,22H,10-11H2,1-2H3. The van der Waals surface area contributed by atoms with Crippen LogP contribution in [0.25, 0.3) is 10.8 Å². The van der Waals surface area contributed by atoms with Crippen molar-refractivity contribution < 1.29 is 9.84 Å². The number of anilines is 1. The molecule has 3 rings (SSSR count). The number of benzene rings is 1. The lowest BCUT2D eigenvalue weighted by molar-refractivity contribution is 0.271. The molecule has 3 aromatic rings. The molecule has 0 aliphatic heterocycles. The van der Waals surface area contributed by atoms with Gasteiger partial charge in [-0.1, -0.05) is 24.3 Å². The van der Waals surface area contributed by atoms with Crippen molar-refractivity contribution in [3.8, 4) is 5.88 Å². The Labute approximate surface area is 134 Å². The molecule has 0 bridgehead atoms. The molecule has 118 valence electrons. The van der Waals surface area contributed by atoms with Crippen LogP contribution in [0.4, 0.5) is 5.82 Å². The third kappa shape index (κ3) is 3.22. The van der Waals surface area contributed by atoms with E-state index in [0.717, 1.165) is 22.3 Å². The Hall–Kier alpha value is -2.73. The Morgan fingerprint density at radius 2 is 1.70 bits per heavy atom. The van der Waals surface area contributed by atoms with E-state index in [9.17, 15) is 0 Å². The van der Waals surface area contributed by atoms with E-state index < -0.39 is 0 Å². The fraction of sp³-hybridized carbons (Fsp3) is 0.235. The number of hydrogen-bond donors (Lipinski definition) is 1. The smallest absolute Gasteiger partial charge is 0.241 e. The van der Waals surface area contributed by atoms with Gasteiger partial charge in [0.1, 0.15) is 6.61 Å². The lowest BCUT2D eigenvalue weighted by Gasteiger charge is -2.15. The molecule has 6 heteroatoms. The maximum absolute atomic E-state index is 9.14. The molecule has 2 heterocycles. The van der Waals surface area contributed by atoms with Gasteiger partial charge in [-0.25, -0.2) is 0 Å². The second-order valence-electron chi connectivity index (χ2n) is 5.34. The number of hydrogen-bond acceptors (Lipinski definition) is 6. The first-order valence-electron chi connectivity index (χ1n) is 7.30. The van der Waals surface area contributed by atoms with Crippen LogP contribution in [-0.4, -0.2) is 34.4 Å². The molecule has 1 aromatic carbocycles. The molecule has 23 heavy (non-hydrogen) atoms. The van der Waals surface area contributed by atoms with Gasteiger partial charge in [0, 0.05) is 24.9 Å². The van der Waals surface area contributed by atoms with Crippen molar-refractivity contribution in [2.75, 3.05) is 19.0 Å². The molecule has 0 unspecified atom stereocenters. The average molecular weight is 310 g/mol. The SMILES string of the molecule is CN(C)c1nnc(OCc2cccc(CO)n2)c2ccccc12. The highest BCUT2D eigenvalue weighted by atomic mass is 16.5. The number of aliphatic hydroxyl groups excluding tert-OH is 1. The van der Waals surface area contributed by atoms with E-state index in [0.29, 0.717) is 11.6 Å². The van der Waals surface area contributed by atoms with E-state index >= 15 is 0 Å². The zero-order valence-corrected chi connectivity index (χ0v) is 13.1. The van der Waals surface area contributed by atoms with Gasteiger partial charge in [-0.2, -0.15) is 0 Å². The van der Waals surface area contributed by atoms with Gasteiger partial charge < -0.3 is 14.7 Å². The monoisotopic (exact) mass is 310 g/mol. The molecular formula is C17H18N4O2. The maximum atomic E-state index is 9.14. The molecule has 2 aromatic heterocycles. The van der Waals surface area contributed by atoms with Gasteiger partial charge in [-0.05, 0) is 18.2 Å². The third-order valence-corrected chi connectivity index (χ3v) is 3.44. The molecule has 0 aliphatic carbocycles. The molecule has 1 N–H and O–H groups in total. The molecule has 0 fully saturated rings. The summed E-state index contributed by atoms with van der Waals surface area (Å²) < 4.78 is 5.80. The van der Waals surface area contributed by atoms with Crippen LogP contribution in [0, 0.1) is 0 Å². The summed E-state index contributed by atoms with van der Waals surface area (Å²) in [5, 5.41) is 19.5. The van der Waals surface area contributed by atoms with Crippen LogP contribution in [0.1, 0.15) is 11.4 Å². The maximum Gasteiger partial charge on any atom is 0.241 e. The summed E-state index contributed by atoms with van der Waals surface area (Å²) in [5.41, 5.74) is 1.35. The largest absolute Gasteiger partial charge is 0.470 e. The fourth-order valence-corrected chi connectivity index (χ4v) is 2.34. The molecule has 0 saturated carbocycles. The molecule has 0 saturated heterocycles. The summed E-state index contributed by atoms with van der Waals surface area (Å²) in [6.45, 7) is 0.182. The Kier molecular flexibility index (Phi) is 4.34. The van der Waals surface area contributed by atoms with Crippen LogP contribution in [0.15, 0.2) is 42.5 Å². The summed E-state index contributed by atoms with van der Waals surface area (Å²) in [5.74, 6) is 1.27. The third-order valence-electron chi connectivity index (χ3n) is 3.44. The molecule has 6 nitrogen and oxygen atoms in total. The Morgan fingerprint density at radius 1 is 0.957 bits per heavy atom. The summed E-state index contributed by atoms with van der Waals surface area (Å²) >= 11 is 0. The van der Waals surface area contributed by atoms with Gasteiger partial charge in [0.2, 0.25) is 5.88 Å². The highest BCUT2D eigenvalue weighted by Gasteiger charge is 2.11. The normalized spacial score (nSPS) is 10.7. The molecule has 0 spiro atoms. The highest BCUT2D eigenvalue weighted by molar-refractivity contribution is 5.94. The van der Waals surface area contributed by atoms with Crippen LogP contribution < -0.4 is 9.64 Å². The second kappa shape index (κ2) is 6.58.